The minimum Gasteiger partial charge on any atom is -0.386 e. The van der Waals surface area contributed by atoms with Crippen molar-refractivity contribution in [2.24, 2.45) is 5.29 Å². The summed E-state index contributed by atoms with van der Waals surface area (Å²) >= 11 is 0. The van der Waals surface area contributed by atoms with Gasteiger partial charge in [0.15, 0.2) is 0 Å². The molecule has 0 aromatic heterocycles. The van der Waals surface area contributed by atoms with E-state index in [0.717, 1.165) is 5.56 Å². The summed E-state index contributed by atoms with van der Waals surface area (Å²) in [4.78, 5) is 10.5. The van der Waals surface area contributed by atoms with E-state index >= 15 is 0 Å². The Morgan fingerprint density at radius 2 is 1.87 bits per heavy atom. The van der Waals surface area contributed by atoms with Gasteiger partial charge in [-0.25, -0.2) is 0 Å². The smallest absolute Gasteiger partial charge is 0.103 e. The van der Waals surface area contributed by atoms with E-state index in [4.69, 9.17) is 0 Å². The predicted octanol–water partition coefficient (Wildman–Crippen LogP) is 2.11. The Morgan fingerprint density at radius 1 is 1.33 bits per heavy atom. The summed E-state index contributed by atoms with van der Waals surface area (Å²) in [6, 6.07) is 9.23. The molecule has 1 rings (SSSR count). The van der Waals surface area contributed by atoms with Crippen molar-refractivity contribution in [3.05, 3.63) is 40.8 Å². The molecule has 0 aliphatic carbocycles. The summed E-state index contributed by atoms with van der Waals surface area (Å²) in [6.45, 7) is 3.54. The summed E-state index contributed by atoms with van der Waals surface area (Å²) in [7, 11) is 1.55. The van der Waals surface area contributed by atoms with Gasteiger partial charge in [-0.05, 0) is 19.4 Å². The Bertz CT molecular complexity index is 325. The van der Waals surface area contributed by atoms with Gasteiger partial charge in [0, 0.05) is 7.05 Å². The quantitative estimate of drug-likeness (QED) is 0.609. The maximum atomic E-state index is 10.5. The molecule has 1 aromatic carbocycles. The van der Waals surface area contributed by atoms with Crippen LogP contribution < -0.4 is 0 Å². The van der Waals surface area contributed by atoms with Crippen LogP contribution in [0.15, 0.2) is 35.6 Å². The number of likely N-dealkylation sites (N-methyl/N-ethyl adjacent to an activating group) is 1. The standard InChI is InChI=1S/C11H16N2O2/c1-11(2,13(3)12-15)10(14)9-7-5-4-6-8-9/h4-8,10,14H,1-3H3. The number of benzene rings is 1. The Hall–Kier alpha value is -1.42. The number of rotatable bonds is 4. The number of aliphatic hydroxyl groups is 1. The Balaban J connectivity index is 2.93. The third kappa shape index (κ3) is 2.33. The summed E-state index contributed by atoms with van der Waals surface area (Å²) < 4.78 is 0. The van der Waals surface area contributed by atoms with Gasteiger partial charge in [-0.1, -0.05) is 30.3 Å². The maximum absolute atomic E-state index is 10.5. The monoisotopic (exact) mass is 208 g/mol. The van der Waals surface area contributed by atoms with Crippen molar-refractivity contribution in [3.8, 4) is 0 Å². The van der Waals surface area contributed by atoms with Crippen LogP contribution in [0.2, 0.25) is 0 Å². The first-order chi connectivity index (χ1) is 7.00. The van der Waals surface area contributed by atoms with Crippen molar-refractivity contribution in [1.29, 1.82) is 0 Å². The van der Waals surface area contributed by atoms with Gasteiger partial charge in [0.05, 0.1) is 10.8 Å². The zero-order valence-corrected chi connectivity index (χ0v) is 9.21. The predicted molar refractivity (Wildman–Crippen MR) is 59.0 cm³/mol. The molecule has 0 heterocycles. The molecule has 15 heavy (non-hydrogen) atoms. The van der Waals surface area contributed by atoms with Gasteiger partial charge in [-0.15, -0.1) is 4.91 Å². The normalized spacial score (nSPS) is 13.3. The molecule has 4 nitrogen and oxygen atoms in total. The van der Waals surface area contributed by atoms with Crippen LogP contribution in [0.4, 0.5) is 0 Å². The molecule has 0 saturated heterocycles. The van der Waals surface area contributed by atoms with Gasteiger partial charge < -0.3 is 5.11 Å². The molecule has 0 spiro atoms. The van der Waals surface area contributed by atoms with Crippen LogP contribution in [0.3, 0.4) is 0 Å². The molecular formula is C11H16N2O2. The van der Waals surface area contributed by atoms with E-state index in [-0.39, 0.29) is 0 Å². The van der Waals surface area contributed by atoms with E-state index in [1.165, 1.54) is 5.01 Å². The van der Waals surface area contributed by atoms with Crippen LogP contribution in [0.25, 0.3) is 0 Å². The summed E-state index contributed by atoms with van der Waals surface area (Å²) in [5.74, 6) is 0. The van der Waals surface area contributed by atoms with Crippen molar-refractivity contribution in [2.75, 3.05) is 7.05 Å². The van der Waals surface area contributed by atoms with Gasteiger partial charge >= 0.3 is 0 Å². The topological polar surface area (TPSA) is 52.9 Å². The molecule has 1 N–H and O–H groups in total. The molecule has 82 valence electrons. The molecule has 4 heteroatoms. The SMILES string of the molecule is CN(N=O)C(C)(C)C(O)c1ccccc1. The Morgan fingerprint density at radius 3 is 2.33 bits per heavy atom. The van der Waals surface area contributed by atoms with E-state index in [1.54, 1.807) is 20.9 Å². The maximum Gasteiger partial charge on any atom is 0.103 e. The number of nitrogens with zero attached hydrogens (tertiary/aromatic N) is 2. The van der Waals surface area contributed by atoms with E-state index in [0.29, 0.717) is 0 Å². The Kier molecular flexibility index (Phi) is 3.42. The molecule has 0 aliphatic heterocycles. The minimum absolute atomic E-state index is 0.719. The Labute approximate surface area is 89.5 Å². The van der Waals surface area contributed by atoms with Crippen molar-refractivity contribution >= 4 is 0 Å². The molecule has 0 radical (unpaired) electrons. The molecule has 0 fully saturated rings. The molecule has 0 amide bonds. The lowest BCUT2D eigenvalue weighted by Crippen LogP contribution is -2.42. The second-order valence-corrected chi connectivity index (χ2v) is 4.07. The molecule has 1 atom stereocenters. The van der Waals surface area contributed by atoms with Crippen LogP contribution >= 0.6 is 0 Å². The number of nitroso groups, excluding NO2 is 1. The number of hydrogen-bond acceptors (Lipinski definition) is 3. The van der Waals surface area contributed by atoms with Gasteiger partial charge in [0.25, 0.3) is 0 Å². The zero-order chi connectivity index (χ0) is 11.5. The highest BCUT2D eigenvalue weighted by atomic mass is 16.3. The fourth-order valence-electron chi connectivity index (χ4n) is 1.33. The zero-order valence-electron chi connectivity index (χ0n) is 9.21. The van der Waals surface area contributed by atoms with E-state index in [1.807, 2.05) is 30.3 Å². The molecular weight excluding hydrogens is 192 g/mol. The molecule has 0 bridgehead atoms. The third-order valence-electron chi connectivity index (χ3n) is 2.74. The fraction of sp³-hybridized carbons (Fsp3) is 0.455. The lowest BCUT2D eigenvalue weighted by molar-refractivity contribution is 0.00295. The van der Waals surface area contributed by atoms with Gasteiger partial charge in [-0.2, -0.15) is 0 Å². The molecule has 0 saturated carbocycles. The van der Waals surface area contributed by atoms with Crippen LogP contribution in [0.5, 0.6) is 0 Å². The summed E-state index contributed by atoms with van der Waals surface area (Å²) in [5, 5.41) is 14.2. The number of aliphatic hydroxyl groups excluding tert-OH is 1. The van der Waals surface area contributed by atoms with Crippen molar-refractivity contribution in [1.82, 2.24) is 5.01 Å². The average molecular weight is 208 g/mol. The van der Waals surface area contributed by atoms with Crippen LogP contribution in [0, 0.1) is 4.91 Å². The minimum atomic E-state index is -0.749. The van der Waals surface area contributed by atoms with Gasteiger partial charge in [0.2, 0.25) is 0 Å². The van der Waals surface area contributed by atoms with Crippen LogP contribution in [-0.2, 0) is 0 Å². The highest BCUT2D eigenvalue weighted by Crippen LogP contribution is 2.29. The average Bonchev–Trinajstić information content (AvgIpc) is 2.28. The summed E-state index contributed by atoms with van der Waals surface area (Å²) in [6.07, 6.45) is -0.749. The first-order valence-electron chi connectivity index (χ1n) is 4.80. The lowest BCUT2D eigenvalue weighted by Gasteiger charge is -2.35. The highest BCUT2D eigenvalue weighted by Gasteiger charge is 2.33. The fourth-order valence-corrected chi connectivity index (χ4v) is 1.33. The van der Waals surface area contributed by atoms with E-state index < -0.39 is 11.6 Å². The highest BCUT2D eigenvalue weighted by molar-refractivity contribution is 5.20. The first kappa shape index (κ1) is 11.7. The molecule has 1 unspecified atom stereocenters. The van der Waals surface area contributed by atoms with E-state index in [9.17, 15) is 10.0 Å². The molecule has 1 aromatic rings. The van der Waals surface area contributed by atoms with Crippen LogP contribution in [0.1, 0.15) is 25.5 Å². The molecule has 0 aliphatic rings. The van der Waals surface area contributed by atoms with Gasteiger partial charge in [0.1, 0.15) is 6.10 Å². The number of hydrogen-bond donors (Lipinski definition) is 1. The van der Waals surface area contributed by atoms with E-state index in [2.05, 4.69) is 5.29 Å². The van der Waals surface area contributed by atoms with Crippen molar-refractivity contribution in [3.63, 3.8) is 0 Å². The lowest BCUT2D eigenvalue weighted by atomic mass is 9.91. The largest absolute Gasteiger partial charge is 0.386 e. The third-order valence-corrected chi connectivity index (χ3v) is 2.74. The first-order valence-corrected chi connectivity index (χ1v) is 4.80. The van der Waals surface area contributed by atoms with Crippen molar-refractivity contribution in [2.45, 2.75) is 25.5 Å². The summed E-state index contributed by atoms with van der Waals surface area (Å²) in [5.41, 5.74) is 0.0568. The van der Waals surface area contributed by atoms with Crippen LogP contribution in [-0.4, -0.2) is 22.7 Å². The second-order valence-electron chi connectivity index (χ2n) is 4.07. The van der Waals surface area contributed by atoms with Crippen molar-refractivity contribution < 1.29 is 5.11 Å². The second kappa shape index (κ2) is 4.40. The van der Waals surface area contributed by atoms with Gasteiger partial charge in [-0.3, -0.25) is 5.01 Å².